The molecule has 2 N–H and O–H groups in total. The van der Waals surface area contributed by atoms with E-state index in [1.807, 2.05) is 13.2 Å². The lowest BCUT2D eigenvalue weighted by Crippen LogP contribution is -2.38. The van der Waals surface area contributed by atoms with E-state index in [0.29, 0.717) is 0 Å². The summed E-state index contributed by atoms with van der Waals surface area (Å²) in [5.41, 5.74) is 0. The van der Waals surface area contributed by atoms with E-state index in [2.05, 4.69) is 62.3 Å². The Bertz CT molecular complexity index is 401. The van der Waals surface area contributed by atoms with Crippen LogP contribution in [-0.2, 0) is 0 Å². The monoisotopic (exact) mass is 402 g/mol. The summed E-state index contributed by atoms with van der Waals surface area (Å²) in [5.74, 6) is 1.89. The van der Waals surface area contributed by atoms with Crippen LogP contribution < -0.4 is 15.5 Å². The first kappa shape index (κ1) is 17.0. The summed E-state index contributed by atoms with van der Waals surface area (Å²) in [6.07, 6.45) is 7.21. The predicted octanol–water partition coefficient (Wildman–Crippen LogP) is 2.49. The summed E-state index contributed by atoms with van der Waals surface area (Å²) in [4.78, 5) is 6.81. The van der Waals surface area contributed by atoms with Gasteiger partial charge in [0, 0.05) is 42.5 Å². The number of hydrogen-bond acceptors (Lipinski definition) is 4. The van der Waals surface area contributed by atoms with Crippen LogP contribution >= 0.6 is 22.6 Å². The van der Waals surface area contributed by atoms with Gasteiger partial charge >= 0.3 is 0 Å². The van der Waals surface area contributed by atoms with Crippen LogP contribution in [0.15, 0.2) is 18.3 Å². The molecular formula is C16H27IN4. The van der Waals surface area contributed by atoms with Crippen molar-refractivity contribution in [1.29, 1.82) is 0 Å². The second-order valence-electron chi connectivity index (χ2n) is 5.99. The van der Waals surface area contributed by atoms with E-state index >= 15 is 0 Å². The third-order valence-corrected chi connectivity index (χ3v) is 4.93. The fourth-order valence-electron chi connectivity index (χ4n) is 3.03. The van der Waals surface area contributed by atoms with Gasteiger partial charge in [-0.2, -0.15) is 0 Å². The Morgan fingerprint density at radius 1 is 1.24 bits per heavy atom. The van der Waals surface area contributed by atoms with Crippen LogP contribution in [0.1, 0.15) is 25.7 Å². The quantitative estimate of drug-likeness (QED) is 0.543. The lowest BCUT2D eigenvalue weighted by Gasteiger charge is -2.32. The lowest BCUT2D eigenvalue weighted by atomic mass is 9.85. The Labute approximate surface area is 142 Å². The molecule has 4 nitrogen and oxygen atoms in total. The maximum atomic E-state index is 4.51. The van der Waals surface area contributed by atoms with Crippen molar-refractivity contribution in [3.8, 4) is 0 Å². The van der Waals surface area contributed by atoms with Crippen LogP contribution in [-0.4, -0.2) is 44.8 Å². The number of aromatic nitrogens is 1. The lowest BCUT2D eigenvalue weighted by molar-refractivity contribution is 0.295. The average Bonchev–Trinajstić information content (AvgIpc) is 2.50. The average molecular weight is 402 g/mol. The molecule has 2 rings (SSSR count). The first-order chi connectivity index (χ1) is 10.2. The zero-order chi connectivity index (χ0) is 15.1. The molecule has 0 radical (unpaired) electrons. The SMILES string of the molecule is CNCCNC1CCC(CN(C)c2ccc(I)cn2)CC1. The van der Waals surface area contributed by atoms with Gasteiger partial charge in [0.1, 0.15) is 5.82 Å². The molecule has 1 fully saturated rings. The van der Waals surface area contributed by atoms with Crippen LogP contribution in [0.3, 0.4) is 0 Å². The number of hydrogen-bond donors (Lipinski definition) is 2. The third kappa shape index (κ3) is 5.71. The molecule has 118 valence electrons. The van der Waals surface area contributed by atoms with Gasteiger partial charge < -0.3 is 15.5 Å². The van der Waals surface area contributed by atoms with E-state index in [0.717, 1.165) is 37.4 Å². The number of pyridine rings is 1. The number of likely N-dealkylation sites (N-methyl/N-ethyl adjacent to an activating group) is 1. The van der Waals surface area contributed by atoms with Crippen molar-refractivity contribution in [2.45, 2.75) is 31.7 Å². The van der Waals surface area contributed by atoms with Crippen LogP contribution in [0.4, 0.5) is 5.82 Å². The van der Waals surface area contributed by atoms with Gasteiger partial charge in [0.15, 0.2) is 0 Å². The second kappa shape index (κ2) is 8.90. The maximum Gasteiger partial charge on any atom is 0.128 e. The number of nitrogens with zero attached hydrogens (tertiary/aromatic N) is 2. The predicted molar refractivity (Wildman–Crippen MR) is 97.9 cm³/mol. The summed E-state index contributed by atoms with van der Waals surface area (Å²) >= 11 is 2.30. The van der Waals surface area contributed by atoms with Crippen LogP contribution in [0.2, 0.25) is 0 Å². The zero-order valence-corrected chi connectivity index (χ0v) is 15.3. The van der Waals surface area contributed by atoms with Gasteiger partial charge in [0.05, 0.1) is 0 Å². The summed E-state index contributed by atoms with van der Waals surface area (Å²) in [5, 5.41) is 6.83. The second-order valence-corrected chi connectivity index (χ2v) is 7.24. The van der Waals surface area contributed by atoms with Crippen molar-refractivity contribution in [3.63, 3.8) is 0 Å². The molecule has 1 aliphatic rings. The molecule has 21 heavy (non-hydrogen) atoms. The van der Waals surface area contributed by atoms with Crippen molar-refractivity contribution in [2.75, 3.05) is 38.6 Å². The number of halogens is 1. The molecular weight excluding hydrogens is 375 g/mol. The minimum Gasteiger partial charge on any atom is -0.359 e. The molecule has 0 saturated heterocycles. The highest BCUT2D eigenvalue weighted by Gasteiger charge is 2.22. The molecule has 1 heterocycles. The van der Waals surface area contributed by atoms with Gasteiger partial charge in [-0.05, 0) is 73.4 Å². The first-order valence-electron chi connectivity index (χ1n) is 7.89. The highest BCUT2D eigenvalue weighted by Crippen LogP contribution is 2.26. The number of rotatable bonds is 7. The molecule has 0 atom stereocenters. The Balaban J connectivity index is 1.71. The van der Waals surface area contributed by atoms with E-state index in [9.17, 15) is 0 Å². The topological polar surface area (TPSA) is 40.2 Å². The molecule has 0 amide bonds. The molecule has 0 spiro atoms. The number of anilines is 1. The molecule has 1 saturated carbocycles. The minimum atomic E-state index is 0.719. The standard InChI is InChI=1S/C16H27IN4/c1-18-9-10-19-15-6-3-13(4-7-15)12-21(2)16-8-5-14(17)11-20-16/h5,8,11,13,15,18-19H,3-4,6-7,9-10,12H2,1-2H3. The summed E-state index contributed by atoms with van der Waals surface area (Å²) in [7, 11) is 4.17. The van der Waals surface area contributed by atoms with Crippen molar-refractivity contribution < 1.29 is 0 Å². The smallest absolute Gasteiger partial charge is 0.128 e. The van der Waals surface area contributed by atoms with Crippen LogP contribution in [0.5, 0.6) is 0 Å². The Morgan fingerprint density at radius 3 is 2.62 bits per heavy atom. The number of nitrogens with one attached hydrogen (secondary N) is 2. The normalized spacial score (nSPS) is 22.2. The van der Waals surface area contributed by atoms with E-state index < -0.39 is 0 Å². The van der Waals surface area contributed by atoms with Crippen molar-refractivity contribution in [2.24, 2.45) is 5.92 Å². The minimum absolute atomic E-state index is 0.719. The van der Waals surface area contributed by atoms with Gasteiger partial charge in [0.2, 0.25) is 0 Å². The van der Waals surface area contributed by atoms with E-state index in [4.69, 9.17) is 0 Å². The third-order valence-electron chi connectivity index (χ3n) is 4.29. The summed E-state index contributed by atoms with van der Waals surface area (Å²) in [6, 6.07) is 4.96. The fourth-order valence-corrected chi connectivity index (χ4v) is 3.34. The van der Waals surface area contributed by atoms with Crippen molar-refractivity contribution in [1.82, 2.24) is 15.6 Å². The summed E-state index contributed by atoms with van der Waals surface area (Å²) in [6.45, 7) is 3.26. The Hall–Kier alpha value is -0.400. The summed E-state index contributed by atoms with van der Waals surface area (Å²) < 4.78 is 1.19. The van der Waals surface area contributed by atoms with E-state index in [1.165, 1.54) is 29.3 Å². The Morgan fingerprint density at radius 2 is 2.00 bits per heavy atom. The molecule has 1 aromatic heterocycles. The van der Waals surface area contributed by atoms with Gasteiger partial charge in [0.25, 0.3) is 0 Å². The van der Waals surface area contributed by atoms with Gasteiger partial charge in [-0.1, -0.05) is 0 Å². The van der Waals surface area contributed by atoms with E-state index in [-0.39, 0.29) is 0 Å². The first-order valence-corrected chi connectivity index (χ1v) is 8.97. The van der Waals surface area contributed by atoms with Gasteiger partial charge in [-0.15, -0.1) is 0 Å². The zero-order valence-electron chi connectivity index (χ0n) is 13.1. The molecule has 1 aliphatic carbocycles. The molecule has 0 bridgehead atoms. The highest BCUT2D eigenvalue weighted by atomic mass is 127. The molecule has 5 heteroatoms. The van der Waals surface area contributed by atoms with Gasteiger partial charge in [-0.25, -0.2) is 4.98 Å². The van der Waals surface area contributed by atoms with Crippen LogP contribution in [0, 0.1) is 9.49 Å². The molecule has 1 aromatic rings. The molecule has 0 aromatic carbocycles. The van der Waals surface area contributed by atoms with Crippen molar-refractivity contribution in [3.05, 3.63) is 21.9 Å². The highest BCUT2D eigenvalue weighted by molar-refractivity contribution is 14.1. The molecule has 0 unspecified atom stereocenters. The maximum absolute atomic E-state index is 4.51. The van der Waals surface area contributed by atoms with Crippen LogP contribution in [0.25, 0.3) is 0 Å². The molecule has 0 aliphatic heterocycles. The van der Waals surface area contributed by atoms with Gasteiger partial charge in [-0.3, -0.25) is 0 Å². The van der Waals surface area contributed by atoms with E-state index in [1.54, 1.807) is 0 Å². The Kier molecular flexibility index (Phi) is 7.19. The van der Waals surface area contributed by atoms with Crippen molar-refractivity contribution >= 4 is 28.4 Å². The largest absolute Gasteiger partial charge is 0.359 e. The fraction of sp³-hybridized carbons (Fsp3) is 0.688.